The first-order valence-corrected chi connectivity index (χ1v) is 14.9. The highest BCUT2D eigenvalue weighted by molar-refractivity contribution is 8.14. The van der Waals surface area contributed by atoms with E-state index in [0.717, 1.165) is 49.4 Å². The molecule has 1 spiro atoms. The molecule has 1 atom stereocenters. The number of thioether (sulfide) groups is 1. The van der Waals surface area contributed by atoms with E-state index in [4.69, 9.17) is 33.2 Å². The number of aromatic carboxylic acids is 1. The molecule has 0 aromatic heterocycles. The quantitative estimate of drug-likeness (QED) is 0.334. The number of aliphatic carboxylic acids is 1. The average Bonchev–Trinajstić information content (AvgIpc) is 3.17. The van der Waals surface area contributed by atoms with Crippen LogP contribution in [0.5, 0.6) is 0 Å². The van der Waals surface area contributed by atoms with Crippen LogP contribution in [-0.4, -0.2) is 50.5 Å². The van der Waals surface area contributed by atoms with Gasteiger partial charge in [-0.15, -0.1) is 0 Å². The molecule has 1 aliphatic carbocycles. The zero-order valence-electron chi connectivity index (χ0n) is 22.7. The van der Waals surface area contributed by atoms with E-state index in [2.05, 4.69) is 20.8 Å². The lowest BCUT2D eigenvalue weighted by Gasteiger charge is -2.43. The molecule has 0 unspecified atom stereocenters. The van der Waals surface area contributed by atoms with Gasteiger partial charge in [-0.1, -0.05) is 99.3 Å². The Morgan fingerprint density at radius 1 is 1.12 bits per heavy atom. The van der Waals surface area contributed by atoms with Crippen LogP contribution in [0.3, 0.4) is 0 Å². The number of anilines is 1. The van der Waals surface area contributed by atoms with E-state index in [9.17, 15) is 19.8 Å². The van der Waals surface area contributed by atoms with Crippen LogP contribution in [0.1, 0.15) is 68.8 Å². The number of hydrogen-bond donors (Lipinski definition) is 2. The van der Waals surface area contributed by atoms with Crippen LogP contribution in [0, 0.1) is 5.41 Å². The zero-order chi connectivity index (χ0) is 29.1. The van der Waals surface area contributed by atoms with E-state index >= 15 is 0 Å². The molecule has 1 heterocycles. The molecule has 1 saturated carbocycles. The van der Waals surface area contributed by atoms with Crippen molar-refractivity contribution in [3.05, 3.63) is 69.7 Å². The Kier molecular flexibility index (Phi) is 9.33. The first kappa shape index (κ1) is 30.2. The van der Waals surface area contributed by atoms with Crippen molar-refractivity contribution in [1.29, 1.82) is 0 Å². The van der Waals surface area contributed by atoms with Crippen LogP contribution in [0.25, 0.3) is 6.08 Å². The van der Waals surface area contributed by atoms with E-state index < -0.39 is 17.5 Å². The van der Waals surface area contributed by atoms with Crippen LogP contribution in [0.2, 0.25) is 10.0 Å². The highest BCUT2D eigenvalue weighted by Crippen LogP contribution is 2.45. The second kappa shape index (κ2) is 12.4. The Balaban J connectivity index is 1.84. The molecule has 40 heavy (non-hydrogen) atoms. The molecular weight excluding hydrogens is 569 g/mol. The monoisotopic (exact) mass is 601 g/mol. The Morgan fingerprint density at radius 2 is 1.85 bits per heavy atom. The first-order chi connectivity index (χ1) is 18.9. The molecule has 2 N–H and O–H groups in total. The van der Waals surface area contributed by atoms with Gasteiger partial charge >= 0.3 is 11.9 Å². The van der Waals surface area contributed by atoms with Crippen molar-refractivity contribution >= 4 is 69.7 Å². The molecule has 0 amide bonds. The summed E-state index contributed by atoms with van der Waals surface area (Å²) in [6, 6.07) is 11.8. The molecule has 212 valence electrons. The third kappa shape index (κ3) is 6.73. The summed E-state index contributed by atoms with van der Waals surface area (Å²) in [4.78, 5) is 35.6. The average molecular weight is 603 g/mol. The van der Waals surface area contributed by atoms with Crippen molar-refractivity contribution in [2.45, 2.75) is 64.5 Å². The highest BCUT2D eigenvalue weighted by atomic mass is 35.5. The summed E-state index contributed by atoms with van der Waals surface area (Å²) in [6.07, 6.45) is 8.49. The summed E-state index contributed by atoms with van der Waals surface area (Å²) in [5, 5.41) is 20.7. The highest BCUT2D eigenvalue weighted by Gasteiger charge is 2.50. The lowest BCUT2D eigenvalue weighted by atomic mass is 9.79. The number of aliphatic imine (C=N–C) groups is 2. The molecule has 2 aromatic carbocycles. The van der Waals surface area contributed by atoms with Crippen LogP contribution in [0.4, 0.5) is 5.69 Å². The fourth-order valence-corrected chi connectivity index (χ4v) is 6.39. The largest absolute Gasteiger partial charge is 0.481 e. The third-order valence-electron chi connectivity index (χ3n) is 7.16. The Bertz CT molecular complexity index is 1380. The lowest BCUT2D eigenvalue weighted by molar-refractivity contribution is -0.133. The summed E-state index contributed by atoms with van der Waals surface area (Å²) in [7, 11) is 0. The molecule has 2 aliphatic rings. The maximum atomic E-state index is 11.8. The van der Waals surface area contributed by atoms with Crippen LogP contribution < -0.4 is 4.90 Å². The van der Waals surface area contributed by atoms with Crippen LogP contribution in [-0.2, 0) is 4.79 Å². The number of nitrogens with zero attached hydrogens (tertiary/aromatic N) is 3. The number of benzene rings is 2. The van der Waals surface area contributed by atoms with E-state index in [1.807, 2.05) is 29.2 Å². The predicted molar refractivity (Wildman–Crippen MR) is 165 cm³/mol. The van der Waals surface area contributed by atoms with Gasteiger partial charge in [-0.05, 0) is 54.2 Å². The van der Waals surface area contributed by atoms with Crippen molar-refractivity contribution in [3.8, 4) is 0 Å². The SMILES string of the molecule is CC(C)(C)[C@H](/C=C/c1ccc(Cl)cc1Cl)N=C1N=C(SCC(=O)O)N(c2cccc(C(=O)O)c2)C12CCCCC2. The molecular formula is C30H33Cl2N3O4S. The standard InChI is InChI=1S/C30H33Cl2N3O4S/c1-29(2,3)24(13-11-19-10-12-21(31)17-23(19)32)33-27-30(14-5-4-6-15-30)35(28(34-27)40-18-25(36)37)22-9-7-8-20(16-22)26(38)39/h7-13,16-17,24H,4-6,14-15,18H2,1-3H3,(H,36,37)(H,38,39)/b13-11+,33-27?/t24-/m0/s1. The van der Waals surface area contributed by atoms with E-state index in [0.29, 0.717) is 26.7 Å². The van der Waals surface area contributed by atoms with Gasteiger partial charge in [0, 0.05) is 15.7 Å². The van der Waals surface area contributed by atoms with Gasteiger partial charge in [0.25, 0.3) is 0 Å². The van der Waals surface area contributed by atoms with Crippen molar-refractivity contribution < 1.29 is 19.8 Å². The minimum Gasteiger partial charge on any atom is -0.481 e. The number of halogens is 2. The maximum Gasteiger partial charge on any atom is 0.335 e. The molecule has 7 nitrogen and oxygen atoms in total. The van der Waals surface area contributed by atoms with E-state index in [1.54, 1.807) is 30.3 Å². The number of rotatable bonds is 7. The second-order valence-corrected chi connectivity index (χ2v) is 12.9. The van der Waals surface area contributed by atoms with Crippen molar-refractivity contribution in [2.75, 3.05) is 10.7 Å². The number of carboxylic acid groups (broad SMARTS) is 2. The fourth-order valence-electron chi connectivity index (χ4n) is 5.11. The van der Waals surface area contributed by atoms with Gasteiger partial charge in [0.1, 0.15) is 5.54 Å². The van der Waals surface area contributed by atoms with Gasteiger partial charge in [-0.3, -0.25) is 9.79 Å². The molecule has 10 heteroatoms. The van der Waals surface area contributed by atoms with Gasteiger partial charge in [-0.25, -0.2) is 9.79 Å². The molecule has 1 fully saturated rings. The van der Waals surface area contributed by atoms with Crippen molar-refractivity contribution in [2.24, 2.45) is 15.4 Å². The second-order valence-electron chi connectivity index (χ2n) is 11.1. The number of hydrogen-bond acceptors (Lipinski definition) is 5. The first-order valence-electron chi connectivity index (χ1n) is 13.2. The predicted octanol–water partition coefficient (Wildman–Crippen LogP) is 7.91. The van der Waals surface area contributed by atoms with E-state index in [1.165, 1.54) is 0 Å². The maximum absolute atomic E-state index is 11.8. The van der Waals surface area contributed by atoms with Gasteiger partial charge in [-0.2, -0.15) is 0 Å². The van der Waals surface area contributed by atoms with Gasteiger partial charge in [0.2, 0.25) is 0 Å². The Hall–Kier alpha value is -2.81. The molecule has 1 aliphatic heterocycles. The van der Waals surface area contributed by atoms with Crippen LogP contribution in [0.15, 0.2) is 58.5 Å². The number of amidine groups is 2. The fraction of sp³-hybridized carbons (Fsp3) is 0.400. The summed E-state index contributed by atoms with van der Waals surface area (Å²) < 4.78 is 0. The van der Waals surface area contributed by atoms with Gasteiger partial charge in [0.15, 0.2) is 11.0 Å². The Morgan fingerprint density at radius 3 is 2.48 bits per heavy atom. The Labute approximate surface area is 249 Å². The topological polar surface area (TPSA) is 103 Å². The zero-order valence-corrected chi connectivity index (χ0v) is 25.1. The lowest BCUT2D eigenvalue weighted by Crippen LogP contribution is -2.53. The number of carbonyl (C=O) groups is 2. The normalized spacial score (nSPS) is 18.9. The van der Waals surface area contributed by atoms with Gasteiger partial charge < -0.3 is 15.1 Å². The van der Waals surface area contributed by atoms with Crippen molar-refractivity contribution in [1.82, 2.24) is 0 Å². The van der Waals surface area contributed by atoms with Crippen molar-refractivity contribution in [3.63, 3.8) is 0 Å². The summed E-state index contributed by atoms with van der Waals surface area (Å²) in [5.74, 6) is -1.50. The van der Waals surface area contributed by atoms with E-state index in [-0.39, 0.29) is 22.8 Å². The summed E-state index contributed by atoms with van der Waals surface area (Å²) in [5.41, 5.74) is 0.781. The minimum absolute atomic E-state index is 0.159. The van der Waals surface area contributed by atoms with Crippen LogP contribution >= 0.6 is 35.0 Å². The molecule has 4 rings (SSSR count). The third-order valence-corrected chi connectivity index (χ3v) is 8.65. The molecule has 0 bridgehead atoms. The van der Waals surface area contributed by atoms with Gasteiger partial charge in [0.05, 0.1) is 17.4 Å². The molecule has 0 saturated heterocycles. The smallest absolute Gasteiger partial charge is 0.335 e. The summed E-state index contributed by atoms with van der Waals surface area (Å²) >= 11 is 13.6. The summed E-state index contributed by atoms with van der Waals surface area (Å²) in [6.45, 7) is 6.32. The molecule has 2 aromatic rings. The number of carboxylic acids is 2. The minimum atomic E-state index is -1.02. The molecule has 0 radical (unpaired) electrons.